The summed E-state index contributed by atoms with van der Waals surface area (Å²) in [5.41, 5.74) is 4.59. The lowest BCUT2D eigenvalue weighted by Crippen LogP contribution is -2.14. The van der Waals surface area contributed by atoms with Gasteiger partial charge in [0.05, 0.1) is 6.42 Å². The molecule has 1 amide bonds. The molecule has 0 aliphatic rings. The first-order valence-corrected chi connectivity index (χ1v) is 9.02. The zero-order chi connectivity index (χ0) is 19.3. The molecule has 1 heterocycles. The van der Waals surface area contributed by atoms with Crippen LogP contribution < -0.4 is 5.32 Å². The van der Waals surface area contributed by atoms with Gasteiger partial charge in [0.25, 0.3) is 5.89 Å². The van der Waals surface area contributed by atoms with E-state index in [0.717, 1.165) is 22.4 Å². The molecule has 1 aromatic heterocycles. The molecule has 0 radical (unpaired) electrons. The third kappa shape index (κ3) is 4.15. The number of nitrogens with one attached hydrogen (secondary N) is 1. The standard InChI is InChI=1S/C23H19N3O2/c1-16-7-9-18(10-8-16)22-25-23(28-26-22)19-11-13-20(14-12-19)24-21(27)15-17-5-3-2-4-6-17/h2-14H,15H2,1H3,(H,24,27). The van der Waals surface area contributed by atoms with Gasteiger partial charge in [-0.25, -0.2) is 0 Å². The highest BCUT2D eigenvalue weighted by Crippen LogP contribution is 2.23. The largest absolute Gasteiger partial charge is 0.334 e. The van der Waals surface area contributed by atoms with Crippen LogP contribution in [0.25, 0.3) is 22.8 Å². The normalized spacial score (nSPS) is 10.6. The molecular weight excluding hydrogens is 350 g/mol. The van der Waals surface area contributed by atoms with Crippen LogP contribution in [0.1, 0.15) is 11.1 Å². The molecule has 5 heteroatoms. The van der Waals surface area contributed by atoms with E-state index in [0.29, 0.717) is 18.1 Å². The van der Waals surface area contributed by atoms with Crippen molar-refractivity contribution < 1.29 is 9.32 Å². The third-order valence-corrected chi connectivity index (χ3v) is 4.36. The molecule has 0 bridgehead atoms. The first-order chi connectivity index (χ1) is 13.7. The minimum Gasteiger partial charge on any atom is -0.334 e. The molecule has 0 aliphatic carbocycles. The minimum absolute atomic E-state index is 0.0570. The molecule has 0 spiro atoms. The van der Waals surface area contributed by atoms with Gasteiger partial charge >= 0.3 is 0 Å². The summed E-state index contributed by atoms with van der Waals surface area (Å²) in [6.07, 6.45) is 0.339. The van der Waals surface area contributed by atoms with Crippen molar-refractivity contribution in [3.63, 3.8) is 0 Å². The summed E-state index contributed by atoms with van der Waals surface area (Å²) in [5, 5.41) is 6.95. The van der Waals surface area contributed by atoms with Crippen LogP contribution in [0.4, 0.5) is 5.69 Å². The first-order valence-electron chi connectivity index (χ1n) is 9.02. The van der Waals surface area contributed by atoms with Crippen LogP contribution in [0.15, 0.2) is 83.4 Å². The van der Waals surface area contributed by atoms with Crippen LogP contribution in [0, 0.1) is 6.92 Å². The zero-order valence-corrected chi connectivity index (χ0v) is 15.4. The van der Waals surface area contributed by atoms with Gasteiger partial charge in [0.1, 0.15) is 0 Å². The molecule has 0 atom stereocenters. The van der Waals surface area contributed by atoms with Gasteiger partial charge in [0.15, 0.2) is 0 Å². The Labute approximate surface area is 163 Å². The molecule has 28 heavy (non-hydrogen) atoms. The maximum absolute atomic E-state index is 12.2. The average molecular weight is 369 g/mol. The van der Waals surface area contributed by atoms with Gasteiger partial charge < -0.3 is 9.84 Å². The number of aryl methyl sites for hydroxylation is 1. The molecule has 0 unspecified atom stereocenters. The molecule has 138 valence electrons. The van der Waals surface area contributed by atoms with Crippen molar-refractivity contribution in [2.24, 2.45) is 0 Å². The fourth-order valence-corrected chi connectivity index (χ4v) is 2.84. The fraction of sp³-hybridized carbons (Fsp3) is 0.0870. The van der Waals surface area contributed by atoms with Crippen molar-refractivity contribution in [3.8, 4) is 22.8 Å². The first kappa shape index (κ1) is 17.7. The van der Waals surface area contributed by atoms with Crippen molar-refractivity contribution in [3.05, 3.63) is 90.0 Å². The molecule has 4 aromatic rings. The topological polar surface area (TPSA) is 68.0 Å². The monoisotopic (exact) mass is 369 g/mol. The second-order valence-electron chi connectivity index (χ2n) is 6.58. The van der Waals surface area contributed by atoms with Gasteiger partial charge in [-0.2, -0.15) is 4.98 Å². The quantitative estimate of drug-likeness (QED) is 0.544. The van der Waals surface area contributed by atoms with Gasteiger partial charge in [-0.3, -0.25) is 4.79 Å². The van der Waals surface area contributed by atoms with Crippen LogP contribution in [0.3, 0.4) is 0 Å². The predicted octanol–water partition coefficient (Wildman–Crippen LogP) is 4.89. The Morgan fingerprint density at radius 3 is 2.29 bits per heavy atom. The van der Waals surface area contributed by atoms with Gasteiger partial charge in [-0.1, -0.05) is 65.3 Å². The minimum atomic E-state index is -0.0570. The summed E-state index contributed by atoms with van der Waals surface area (Å²) in [6.45, 7) is 2.03. The zero-order valence-electron chi connectivity index (χ0n) is 15.4. The average Bonchev–Trinajstić information content (AvgIpc) is 3.20. The lowest BCUT2D eigenvalue weighted by atomic mass is 10.1. The fourth-order valence-electron chi connectivity index (χ4n) is 2.84. The Morgan fingerprint density at radius 1 is 0.893 bits per heavy atom. The summed E-state index contributed by atoms with van der Waals surface area (Å²) < 4.78 is 5.39. The molecular formula is C23H19N3O2. The Morgan fingerprint density at radius 2 is 1.57 bits per heavy atom. The number of anilines is 1. The molecule has 4 rings (SSSR count). The van der Waals surface area contributed by atoms with Gasteiger partial charge in [0, 0.05) is 16.8 Å². The van der Waals surface area contributed by atoms with Crippen LogP contribution in [0.2, 0.25) is 0 Å². The number of carbonyl (C=O) groups is 1. The SMILES string of the molecule is Cc1ccc(-c2noc(-c3ccc(NC(=O)Cc4ccccc4)cc3)n2)cc1. The summed E-state index contributed by atoms with van der Waals surface area (Å²) in [4.78, 5) is 16.6. The maximum atomic E-state index is 12.2. The molecule has 3 aromatic carbocycles. The van der Waals surface area contributed by atoms with Crippen LogP contribution in [0.5, 0.6) is 0 Å². The molecule has 5 nitrogen and oxygen atoms in total. The van der Waals surface area contributed by atoms with Gasteiger partial charge in [-0.15, -0.1) is 0 Å². The molecule has 0 fully saturated rings. The number of hydrogen-bond acceptors (Lipinski definition) is 4. The van der Waals surface area contributed by atoms with E-state index in [9.17, 15) is 4.79 Å². The van der Waals surface area contributed by atoms with Crippen LogP contribution in [-0.2, 0) is 11.2 Å². The van der Waals surface area contributed by atoms with Crippen molar-refractivity contribution >= 4 is 11.6 Å². The van der Waals surface area contributed by atoms with Crippen molar-refractivity contribution in [1.82, 2.24) is 10.1 Å². The summed E-state index contributed by atoms with van der Waals surface area (Å²) in [5.74, 6) is 0.936. The van der Waals surface area contributed by atoms with Crippen molar-refractivity contribution in [2.75, 3.05) is 5.32 Å². The van der Waals surface area contributed by atoms with E-state index >= 15 is 0 Å². The number of aromatic nitrogens is 2. The van der Waals surface area contributed by atoms with E-state index in [1.54, 1.807) is 0 Å². The van der Waals surface area contributed by atoms with Gasteiger partial charge in [-0.05, 0) is 36.8 Å². The lowest BCUT2D eigenvalue weighted by molar-refractivity contribution is -0.115. The van der Waals surface area contributed by atoms with E-state index < -0.39 is 0 Å². The molecule has 0 aliphatic heterocycles. The second-order valence-corrected chi connectivity index (χ2v) is 6.58. The Hall–Kier alpha value is -3.73. The molecule has 0 saturated carbocycles. The summed E-state index contributed by atoms with van der Waals surface area (Å²) in [6, 6.07) is 25.0. The van der Waals surface area contributed by atoms with Crippen LogP contribution >= 0.6 is 0 Å². The Balaban J connectivity index is 1.43. The Kier molecular flexibility index (Phi) is 4.97. The maximum Gasteiger partial charge on any atom is 0.258 e. The second kappa shape index (κ2) is 7.88. The van der Waals surface area contributed by atoms with E-state index in [1.165, 1.54) is 5.56 Å². The van der Waals surface area contributed by atoms with Gasteiger partial charge in [0.2, 0.25) is 11.7 Å². The number of amides is 1. The van der Waals surface area contributed by atoms with Crippen LogP contribution in [-0.4, -0.2) is 16.0 Å². The predicted molar refractivity (Wildman–Crippen MR) is 109 cm³/mol. The third-order valence-electron chi connectivity index (χ3n) is 4.36. The number of rotatable bonds is 5. The van der Waals surface area contributed by atoms with E-state index in [2.05, 4.69) is 15.5 Å². The Bertz CT molecular complexity index is 1070. The van der Waals surface area contributed by atoms with Crippen molar-refractivity contribution in [2.45, 2.75) is 13.3 Å². The summed E-state index contributed by atoms with van der Waals surface area (Å²) >= 11 is 0. The number of nitrogens with zero attached hydrogens (tertiary/aromatic N) is 2. The smallest absolute Gasteiger partial charge is 0.258 e. The number of hydrogen-bond donors (Lipinski definition) is 1. The van der Waals surface area contributed by atoms with E-state index in [-0.39, 0.29) is 5.91 Å². The molecule has 0 saturated heterocycles. The lowest BCUT2D eigenvalue weighted by Gasteiger charge is -2.05. The van der Waals surface area contributed by atoms with E-state index in [4.69, 9.17) is 4.52 Å². The highest BCUT2D eigenvalue weighted by Gasteiger charge is 2.11. The van der Waals surface area contributed by atoms with Crippen molar-refractivity contribution in [1.29, 1.82) is 0 Å². The number of carbonyl (C=O) groups excluding carboxylic acids is 1. The highest BCUT2D eigenvalue weighted by molar-refractivity contribution is 5.92. The summed E-state index contributed by atoms with van der Waals surface area (Å²) in [7, 11) is 0. The molecule has 1 N–H and O–H groups in total. The highest BCUT2D eigenvalue weighted by atomic mass is 16.5. The van der Waals surface area contributed by atoms with E-state index in [1.807, 2.05) is 85.8 Å². The number of benzene rings is 3.